The Morgan fingerprint density at radius 1 is 1.33 bits per heavy atom. The van der Waals surface area contributed by atoms with E-state index in [0.717, 1.165) is 10.7 Å². The monoisotopic (exact) mass is 376 g/mol. The number of hydrogen-bond donors (Lipinski definition) is 1. The Bertz CT molecular complexity index is 664. The van der Waals surface area contributed by atoms with Crippen molar-refractivity contribution in [1.29, 1.82) is 0 Å². The van der Waals surface area contributed by atoms with Gasteiger partial charge in [0.2, 0.25) is 15.9 Å². The average molecular weight is 377 g/mol. The molecule has 0 fully saturated rings. The van der Waals surface area contributed by atoms with Crippen molar-refractivity contribution in [3.63, 3.8) is 0 Å². The average Bonchev–Trinajstić information content (AvgIpc) is 2.54. The summed E-state index contributed by atoms with van der Waals surface area (Å²) in [5.74, 6) is 0.0995. The van der Waals surface area contributed by atoms with E-state index in [1.807, 2.05) is 20.8 Å². The van der Waals surface area contributed by atoms with Crippen LogP contribution in [0.2, 0.25) is 5.02 Å². The third kappa shape index (κ3) is 5.36. The number of sulfonamides is 1. The van der Waals surface area contributed by atoms with E-state index in [1.54, 1.807) is 6.92 Å². The van der Waals surface area contributed by atoms with Gasteiger partial charge in [-0.1, -0.05) is 25.4 Å². The Morgan fingerprint density at radius 2 is 2.00 bits per heavy atom. The lowest BCUT2D eigenvalue weighted by Gasteiger charge is -2.21. The highest BCUT2D eigenvalue weighted by Crippen LogP contribution is 2.28. The van der Waals surface area contributed by atoms with Gasteiger partial charge < -0.3 is 10.1 Å². The Balaban J connectivity index is 2.99. The van der Waals surface area contributed by atoms with Gasteiger partial charge in [-0.15, -0.1) is 0 Å². The van der Waals surface area contributed by atoms with E-state index in [4.69, 9.17) is 16.3 Å². The van der Waals surface area contributed by atoms with Crippen molar-refractivity contribution < 1.29 is 17.9 Å². The second-order valence-electron chi connectivity index (χ2n) is 5.33. The van der Waals surface area contributed by atoms with Crippen molar-refractivity contribution >= 4 is 27.5 Å². The third-order valence-corrected chi connectivity index (χ3v) is 5.75. The molecule has 0 unspecified atom stereocenters. The van der Waals surface area contributed by atoms with Gasteiger partial charge in [0.1, 0.15) is 5.75 Å². The lowest BCUT2D eigenvalue weighted by atomic mass is 10.2. The molecular formula is C16H25ClN2O4S. The van der Waals surface area contributed by atoms with Crippen molar-refractivity contribution in [2.75, 3.05) is 19.7 Å². The van der Waals surface area contributed by atoms with E-state index >= 15 is 0 Å². The number of ether oxygens (including phenoxy) is 1. The fourth-order valence-corrected chi connectivity index (χ4v) is 3.74. The zero-order chi connectivity index (χ0) is 18.3. The minimum atomic E-state index is -3.81. The van der Waals surface area contributed by atoms with Crippen molar-refractivity contribution in [2.24, 2.45) is 0 Å². The van der Waals surface area contributed by atoms with Gasteiger partial charge in [0.05, 0.1) is 23.1 Å². The summed E-state index contributed by atoms with van der Waals surface area (Å²) in [5.41, 5.74) is 0. The minimum Gasteiger partial charge on any atom is -0.492 e. The number of rotatable bonds is 9. The molecule has 0 aliphatic carbocycles. The highest BCUT2D eigenvalue weighted by atomic mass is 35.5. The summed E-state index contributed by atoms with van der Waals surface area (Å²) in [7, 11) is -3.81. The van der Waals surface area contributed by atoms with Gasteiger partial charge in [-0.2, -0.15) is 4.31 Å². The van der Waals surface area contributed by atoms with Crippen LogP contribution < -0.4 is 10.1 Å². The zero-order valence-corrected chi connectivity index (χ0v) is 16.1. The number of carbonyl (C=O) groups excluding carboxylic acids is 1. The molecule has 1 N–H and O–H groups in total. The SMILES string of the molecule is CCOc1ccc(S(=O)(=O)N(CC)CC(=O)N[C@H](C)CC)cc1Cl. The number of likely N-dealkylation sites (N-methyl/N-ethyl adjacent to an activating group) is 1. The maximum Gasteiger partial charge on any atom is 0.243 e. The first-order chi connectivity index (χ1) is 11.3. The predicted octanol–water partition coefficient (Wildman–Crippen LogP) is 2.66. The van der Waals surface area contributed by atoms with E-state index in [0.29, 0.717) is 12.4 Å². The van der Waals surface area contributed by atoms with Crippen LogP contribution in [0.3, 0.4) is 0 Å². The molecule has 0 aromatic heterocycles. The van der Waals surface area contributed by atoms with Crippen molar-refractivity contribution in [1.82, 2.24) is 9.62 Å². The van der Waals surface area contributed by atoms with Crippen LogP contribution in [-0.4, -0.2) is 44.4 Å². The summed E-state index contributed by atoms with van der Waals surface area (Å²) < 4.78 is 31.9. The highest BCUT2D eigenvalue weighted by Gasteiger charge is 2.26. The van der Waals surface area contributed by atoms with Crippen LogP contribution in [0.5, 0.6) is 5.75 Å². The zero-order valence-electron chi connectivity index (χ0n) is 14.5. The maximum absolute atomic E-state index is 12.7. The number of hydrogen-bond acceptors (Lipinski definition) is 4. The first kappa shape index (κ1) is 20.7. The van der Waals surface area contributed by atoms with Crippen molar-refractivity contribution in [3.8, 4) is 5.75 Å². The van der Waals surface area contributed by atoms with E-state index in [2.05, 4.69) is 5.32 Å². The molecule has 1 atom stereocenters. The van der Waals surface area contributed by atoms with Gasteiger partial charge in [0, 0.05) is 12.6 Å². The molecular weight excluding hydrogens is 352 g/mol. The first-order valence-electron chi connectivity index (χ1n) is 7.98. The standard InChI is InChI=1S/C16H25ClN2O4S/c1-5-12(4)18-16(20)11-19(6-2)24(21,22)13-8-9-15(23-7-3)14(17)10-13/h8-10,12H,5-7,11H2,1-4H3,(H,18,20)/t12-/m1/s1. The van der Waals surface area contributed by atoms with Crippen LogP contribution in [0.1, 0.15) is 34.1 Å². The molecule has 1 aromatic carbocycles. The molecule has 136 valence electrons. The van der Waals surface area contributed by atoms with Crippen LogP contribution in [0.25, 0.3) is 0 Å². The van der Waals surface area contributed by atoms with Gasteiger partial charge in [0.25, 0.3) is 0 Å². The Hall–Kier alpha value is -1.31. The molecule has 1 aromatic rings. The van der Waals surface area contributed by atoms with E-state index < -0.39 is 10.0 Å². The van der Waals surface area contributed by atoms with Gasteiger partial charge >= 0.3 is 0 Å². The fraction of sp³-hybridized carbons (Fsp3) is 0.562. The van der Waals surface area contributed by atoms with Crippen molar-refractivity contribution in [2.45, 2.75) is 45.1 Å². The summed E-state index contributed by atoms with van der Waals surface area (Å²) in [6.45, 7) is 7.70. The molecule has 6 nitrogen and oxygen atoms in total. The number of carbonyl (C=O) groups is 1. The molecule has 0 bridgehead atoms. The topological polar surface area (TPSA) is 75.7 Å². The molecule has 0 spiro atoms. The number of nitrogens with one attached hydrogen (secondary N) is 1. The van der Waals surface area contributed by atoms with Crippen LogP contribution in [0.15, 0.2) is 23.1 Å². The highest BCUT2D eigenvalue weighted by molar-refractivity contribution is 7.89. The molecule has 0 radical (unpaired) electrons. The van der Waals surface area contributed by atoms with E-state index in [1.165, 1.54) is 18.2 Å². The second-order valence-corrected chi connectivity index (χ2v) is 7.68. The summed E-state index contributed by atoms with van der Waals surface area (Å²) in [6.07, 6.45) is 0.777. The van der Waals surface area contributed by atoms with Crippen molar-refractivity contribution in [3.05, 3.63) is 23.2 Å². The number of amides is 1. The molecule has 24 heavy (non-hydrogen) atoms. The van der Waals surface area contributed by atoms with Gasteiger partial charge in [-0.3, -0.25) is 4.79 Å². The lowest BCUT2D eigenvalue weighted by Crippen LogP contribution is -2.43. The summed E-state index contributed by atoms with van der Waals surface area (Å²) in [6, 6.07) is 4.29. The van der Waals surface area contributed by atoms with Gasteiger partial charge in [-0.25, -0.2) is 8.42 Å². The summed E-state index contributed by atoms with van der Waals surface area (Å²) >= 11 is 6.07. The van der Waals surface area contributed by atoms with Crippen LogP contribution in [0.4, 0.5) is 0 Å². The molecule has 0 aliphatic rings. The molecule has 0 saturated carbocycles. The normalized spacial score (nSPS) is 12.9. The fourth-order valence-electron chi connectivity index (χ4n) is 2.01. The molecule has 0 heterocycles. The minimum absolute atomic E-state index is 0.00108. The first-order valence-corrected chi connectivity index (χ1v) is 9.79. The van der Waals surface area contributed by atoms with Crippen LogP contribution in [0, 0.1) is 0 Å². The smallest absolute Gasteiger partial charge is 0.243 e. The predicted molar refractivity (Wildman–Crippen MR) is 94.9 cm³/mol. The number of halogens is 1. The second kappa shape index (κ2) is 9.25. The maximum atomic E-state index is 12.7. The van der Waals surface area contributed by atoms with E-state index in [9.17, 15) is 13.2 Å². The van der Waals surface area contributed by atoms with E-state index in [-0.39, 0.29) is 35.0 Å². The van der Waals surface area contributed by atoms with Gasteiger partial charge in [-0.05, 0) is 38.5 Å². The molecule has 1 amide bonds. The Morgan fingerprint density at radius 3 is 2.50 bits per heavy atom. The molecule has 0 aliphatic heterocycles. The van der Waals surface area contributed by atoms with Crippen LogP contribution in [-0.2, 0) is 14.8 Å². The van der Waals surface area contributed by atoms with Gasteiger partial charge in [0.15, 0.2) is 0 Å². The number of nitrogens with zero attached hydrogens (tertiary/aromatic N) is 1. The molecule has 8 heteroatoms. The third-order valence-electron chi connectivity index (χ3n) is 3.53. The molecule has 0 saturated heterocycles. The lowest BCUT2D eigenvalue weighted by molar-refractivity contribution is -0.121. The Kier molecular flexibility index (Phi) is 7.99. The molecule has 1 rings (SSSR count). The summed E-state index contributed by atoms with van der Waals surface area (Å²) in [4.78, 5) is 12.0. The van der Waals surface area contributed by atoms with Crippen LogP contribution >= 0.6 is 11.6 Å². The summed E-state index contributed by atoms with van der Waals surface area (Å²) in [5, 5.41) is 2.98. The number of benzene rings is 1. The Labute approximate surface area is 149 Å². The quantitative estimate of drug-likeness (QED) is 0.718. The largest absolute Gasteiger partial charge is 0.492 e.